The van der Waals surface area contributed by atoms with Gasteiger partial charge in [0.2, 0.25) is 0 Å². The molecule has 2 heterocycles. The van der Waals surface area contributed by atoms with Crippen LogP contribution in [0.1, 0.15) is 30.0 Å². The molecule has 5 heteroatoms. The third kappa shape index (κ3) is 4.67. The van der Waals surface area contributed by atoms with Crippen LogP contribution in [0.2, 0.25) is 0 Å². The summed E-state index contributed by atoms with van der Waals surface area (Å²) in [6, 6.07) is 6.65. The number of aromatic nitrogens is 1. The van der Waals surface area contributed by atoms with Crippen LogP contribution >= 0.6 is 43.2 Å². The number of pyridine rings is 1. The van der Waals surface area contributed by atoms with Gasteiger partial charge in [-0.1, -0.05) is 6.92 Å². The molecule has 0 aliphatic heterocycles. The Bertz CT molecular complexity index is 510. The fraction of sp³-hybridized carbons (Fsp3) is 0.357. The fourth-order valence-corrected chi connectivity index (χ4v) is 3.59. The maximum absolute atomic E-state index is 4.46. The standard InChI is InChI=1S/C14H16Br2N2S/c1-2-5-17-13(14-6-11(16)9-19-14)7-12-4-3-10(15)8-18-12/h3-4,6,8-9,13,17H,2,5,7H2,1H3. The second-order valence-corrected chi connectivity index (χ2v) is 7.12. The van der Waals surface area contributed by atoms with E-state index in [0.717, 1.165) is 34.0 Å². The van der Waals surface area contributed by atoms with Gasteiger partial charge in [-0.2, -0.15) is 0 Å². The van der Waals surface area contributed by atoms with Crippen molar-refractivity contribution in [1.82, 2.24) is 10.3 Å². The Kier molecular flexibility index (Phi) is 6.01. The molecular formula is C14H16Br2N2S. The Labute approximate surface area is 134 Å². The summed E-state index contributed by atoms with van der Waals surface area (Å²) in [7, 11) is 0. The zero-order valence-corrected chi connectivity index (χ0v) is 14.7. The van der Waals surface area contributed by atoms with Crippen molar-refractivity contribution >= 4 is 43.2 Å². The lowest BCUT2D eigenvalue weighted by atomic mass is 10.1. The first-order valence-corrected chi connectivity index (χ1v) is 8.73. The van der Waals surface area contributed by atoms with Crippen molar-refractivity contribution in [2.45, 2.75) is 25.8 Å². The van der Waals surface area contributed by atoms with Gasteiger partial charge in [0.25, 0.3) is 0 Å². The number of nitrogens with one attached hydrogen (secondary N) is 1. The SMILES string of the molecule is CCCNC(Cc1ccc(Br)cn1)c1cc(Br)cs1. The summed E-state index contributed by atoms with van der Waals surface area (Å²) >= 11 is 8.73. The average molecular weight is 404 g/mol. The molecule has 0 aliphatic carbocycles. The van der Waals surface area contributed by atoms with Crippen molar-refractivity contribution in [3.8, 4) is 0 Å². The van der Waals surface area contributed by atoms with E-state index in [-0.39, 0.29) is 0 Å². The molecule has 0 amide bonds. The predicted octanol–water partition coefficient (Wildman–Crippen LogP) is 4.95. The number of hydrogen-bond acceptors (Lipinski definition) is 3. The van der Waals surface area contributed by atoms with Gasteiger partial charge in [-0.3, -0.25) is 4.98 Å². The van der Waals surface area contributed by atoms with E-state index in [1.54, 1.807) is 11.3 Å². The zero-order chi connectivity index (χ0) is 13.7. The first-order valence-electron chi connectivity index (χ1n) is 6.26. The lowest BCUT2D eigenvalue weighted by Crippen LogP contribution is -2.23. The molecule has 2 aromatic heterocycles. The first-order chi connectivity index (χ1) is 9.19. The lowest BCUT2D eigenvalue weighted by molar-refractivity contribution is 0.531. The van der Waals surface area contributed by atoms with E-state index in [1.165, 1.54) is 4.88 Å². The Morgan fingerprint density at radius 3 is 2.74 bits per heavy atom. The van der Waals surface area contributed by atoms with Crippen LogP contribution in [0.5, 0.6) is 0 Å². The molecule has 1 N–H and O–H groups in total. The number of halogens is 2. The van der Waals surface area contributed by atoms with Gasteiger partial charge in [0.15, 0.2) is 0 Å². The van der Waals surface area contributed by atoms with Crippen LogP contribution in [0.4, 0.5) is 0 Å². The van der Waals surface area contributed by atoms with Crippen LogP contribution in [0.25, 0.3) is 0 Å². The topological polar surface area (TPSA) is 24.9 Å². The van der Waals surface area contributed by atoms with Gasteiger partial charge in [-0.25, -0.2) is 0 Å². The molecule has 1 unspecified atom stereocenters. The smallest absolute Gasteiger partial charge is 0.0471 e. The summed E-state index contributed by atoms with van der Waals surface area (Å²) in [6.45, 7) is 3.21. The van der Waals surface area contributed by atoms with Crippen molar-refractivity contribution in [1.29, 1.82) is 0 Å². The molecule has 19 heavy (non-hydrogen) atoms. The number of hydrogen-bond donors (Lipinski definition) is 1. The summed E-state index contributed by atoms with van der Waals surface area (Å²) < 4.78 is 2.17. The van der Waals surface area contributed by atoms with Crippen LogP contribution in [0.3, 0.4) is 0 Å². The summed E-state index contributed by atoms with van der Waals surface area (Å²) in [4.78, 5) is 5.82. The Hall–Kier alpha value is -0.230. The molecule has 2 rings (SSSR count). The summed E-state index contributed by atoms with van der Waals surface area (Å²) in [5.41, 5.74) is 1.11. The van der Waals surface area contributed by atoms with Gasteiger partial charge in [0.05, 0.1) is 0 Å². The molecule has 0 fully saturated rings. The van der Waals surface area contributed by atoms with E-state index in [9.17, 15) is 0 Å². The van der Waals surface area contributed by atoms with Gasteiger partial charge in [0, 0.05) is 43.6 Å². The minimum absolute atomic E-state index is 0.338. The van der Waals surface area contributed by atoms with Crippen LogP contribution in [0, 0.1) is 0 Å². The molecule has 0 bridgehead atoms. The molecule has 2 aromatic rings. The highest BCUT2D eigenvalue weighted by atomic mass is 79.9. The molecule has 0 aliphatic rings. The van der Waals surface area contributed by atoms with Crippen LogP contribution < -0.4 is 5.32 Å². The third-order valence-electron chi connectivity index (χ3n) is 2.77. The lowest BCUT2D eigenvalue weighted by Gasteiger charge is -2.16. The van der Waals surface area contributed by atoms with E-state index in [4.69, 9.17) is 0 Å². The molecule has 2 nitrogen and oxygen atoms in total. The maximum atomic E-state index is 4.46. The molecule has 0 aromatic carbocycles. The van der Waals surface area contributed by atoms with Crippen molar-refractivity contribution in [3.63, 3.8) is 0 Å². The number of nitrogens with zero attached hydrogens (tertiary/aromatic N) is 1. The van der Waals surface area contributed by atoms with Crippen LogP contribution in [0.15, 0.2) is 38.7 Å². The zero-order valence-electron chi connectivity index (χ0n) is 10.7. The molecule has 1 atom stereocenters. The second-order valence-electron chi connectivity index (χ2n) is 4.35. The second kappa shape index (κ2) is 7.53. The molecular weight excluding hydrogens is 388 g/mol. The molecule has 102 valence electrons. The molecule has 0 saturated carbocycles. The molecule has 0 radical (unpaired) electrons. The highest BCUT2D eigenvalue weighted by molar-refractivity contribution is 9.10. The minimum atomic E-state index is 0.338. The Morgan fingerprint density at radius 1 is 1.32 bits per heavy atom. The van der Waals surface area contributed by atoms with Gasteiger partial charge >= 0.3 is 0 Å². The number of thiophene rings is 1. The van der Waals surface area contributed by atoms with Crippen molar-refractivity contribution < 1.29 is 0 Å². The highest BCUT2D eigenvalue weighted by Gasteiger charge is 2.14. The maximum Gasteiger partial charge on any atom is 0.0471 e. The van der Waals surface area contributed by atoms with Crippen LogP contribution in [-0.2, 0) is 6.42 Å². The minimum Gasteiger partial charge on any atom is -0.309 e. The van der Waals surface area contributed by atoms with Crippen molar-refractivity contribution in [2.75, 3.05) is 6.54 Å². The fourth-order valence-electron chi connectivity index (χ4n) is 1.84. The summed E-state index contributed by atoms with van der Waals surface area (Å²) in [6.07, 6.45) is 3.91. The van der Waals surface area contributed by atoms with Gasteiger partial charge in [0.1, 0.15) is 0 Å². The molecule has 0 spiro atoms. The normalized spacial score (nSPS) is 12.6. The van der Waals surface area contributed by atoms with E-state index < -0.39 is 0 Å². The Morgan fingerprint density at radius 2 is 2.16 bits per heavy atom. The predicted molar refractivity (Wildman–Crippen MR) is 88.7 cm³/mol. The highest BCUT2D eigenvalue weighted by Crippen LogP contribution is 2.27. The quantitative estimate of drug-likeness (QED) is 0.737. The largest absolute Gasteiger partial charge is 0.309 e. The first kappa shape index (κ1) is 15.2. The average Bonchev–Trinajstić information content (AvgIpc) is 2.83. The summed E-state index contributed by atoms with van der Waals surface area (Å²) in [5, 5.41) is 5.73. The van der Waals surface area contributed by atoms with Crippen molar-refractivity contribution in [3.05, 3.63) is 49.3 Å². The van der Waals surface area contributed by atoms with E-state index in [1.807, 2.05) is 12.3 Å². The van der Waals surface area contributed by atoms with E-state index in [0.29, 0.717) is 6.04 Å². The summed E-state index contributed by atoms with van der Waals surface area (Å²) in [5.74, 6) is 0. The monoisotopic (exact) mass is 402 g/mol. The van der Waals surface area contributed by atoms with Crippen LogP contribution in [-0.4, -0.2) is 11.5 Å². The Balaban J connectivity index is 2.11. The number of rotatable bonds is 6. The molecule has 0 saturated heterocycles. The van der Waals surface area contributed by atoms with Gasteiger partial charge in [-0.05, 0) is 63.0 Å². The van der Waals surface area contributed by atoms with E-state index >= 15 is 0 Å². The van der Waals surface area contributed by atoms with Gasteiger partial charge in [-0.15, -0.1) is 11.3 Å². The van der Waals surface area contributed by atoms with Crippen molar-refractivity contribution in [2.24, 2.45) is 0 Å². The van der Waals surface area contributed by atoms with Gasteiger partial charge < -0.3 is 5.32 Å². The van der Waals surface area contributed by atoms with E-state index in [2.05, 4.69) is 66.6 Å². The third-order valence-corrected chi connectivity index (χ3v) is 5.05.